The molecule has 0 bridgehead atoms. The highest BCUT2D eigenvalue weighted by molar-refractivity contribution is 6.25. The predicted octanol–water partition coefficient (Wildman–Crippen LogP) is 14.6. The van der Waals surface area contributed by atoms with Crippen LogP contribution in [0.5, 0.6) is 11.6 Å². The van der Waals surface area contributed by atoms with Gasteiger partial charge in [-0.1, -0.05) is 145 Å². The fraction of sp³-hybridized carbons (Fsp3) is 0.494. The largest absolute Gasteiger partial charge is 0.489 e. The van der Waals surface area contributed by atoms with Crippen LogP contribution in [0.25, 0.3) is 0 Å². The molecule has 8 atom stereocenters. The van der Waals surface area contributed by atoms with Gasteiger partial charge in [-0.05, 0) is 192 Å². The topological polar surface area (TPSA) is 233 Å². The van der Waals surface area contributed by atoms with Gasteiger partial charge in [-0.25, -0.2) is 4.98 Å². The van der Waals surface area contributed by atoms with E-state index in [-0.39, 0.29) is 115 Å². The molecule has 2 aliphatic heterocycles. The maximum atomic E-state index is 14.2. The van der Waals surface area contributed by atoms with Crippen LogP contribution in [-0.4, -0.2) is 124 Å². The molecule has 17 heteroatoms. The summed E-state index contributed by atoms with van der Waals surface area (Å²) in [6, 6.07) is 29.3. The third-order valence-electron chi connectivity index (χ3n) is 20.6. The molecule has 2 N–H and O–H groups in total. The molecule has 0 spiro atoms. The number of ketones is 6. The quantitative estimate of drug-likeness (QED) is 0.0328. The van der Waals surface area contributed by atoms with Crippen LogP contribution in [0, 0.1) is 47.3 Å². The van der Waals surface area contributed by atoms with Crippen LogP contribution in [0.1, 0.15) is 184 Å². The fourth-order valence-electron chi connectivity index (χ4n) is 14.6. The molecule has 3 heterocycles. The highest BCUT2D eigenvalue weighted by atomic mass is 16.5. The highest BCUT2D eigenvalue weighted by Crippen LogP contribution is 2.32. The maximum Gasteiger partial charge on any atom is 0.230 e. The summed E-state index contributed by atoms with van der Waals surface area (Å²) in [5.74, 6) is -0.930. The number of hydrogen-bond donors (Lipinski definition) is 2. The molecule has 1 aromatic heterocycles. The van der Waals surface area contributed by atoms with E-state index in [0.29, 0.717) is 119 Å². The predicted molar refractivity (Wildman–Crippen MR) is 416 cm³/mol. The van der Waals surface area contributed by atoms with Gasteiger partial charge in [-0.2, -0.15) is 0 Å². The van der Waals surface area contributed by atoms with Gasteiger partial charge in [0, 0.05) is 107 Å². The molecule has 0 saturated carbocycles. The van der Waals surface area contributed by atoms with E-state index in [1.165, 1.54) is 0 Å². The van der Waals surface area contributed by atoms with Gasteiger partial charge in [-0.15, -0.1) is 0 Å². The van der Waals surface area contributed by atoms with Gasteiger partial charge in [0.05, 0.1) is 23.9 Å². The van der Waals surface area contributed by atoms with E-state index >= 15 is 0 Å². The molecule has 4 aromatic rings. The minimum atomic E-state index is -0.662. The van der Waals surface area contributed by atoms with Crippen molar-refractivity contribution < 1.29 is 57.4 Å². The Morgan fingerprint density at radius 1 is 0.453 bits per heavy atom. The third-order valence-corrected chi connectivity index (χ3v) is 20.6. The smallest absolute Gasteiger partial charge is 0.230 e. The monoisotopic (exact) mass is 1450 g/mol. The first-order valence-corrected chi connectivity index (χ1v) is 38.3. The van der Waals surface area contributed by atoms with Gasteiger partial charge in [0.2, 0.25) is 29.5 Å². The fourth-order valence-corrected chi connectivity index (χ4v) is 14.6. The third kappa shape index (κ3) is 23.9. The Kier molecular flexibility index (Phi) is 31.6. The SMILES string of the molecule is CC1=C(C)C(=O)C(COc2ccc(C[C@H](CC(=O)[C@@H]3CCCN3C(=O)[C@H](/C=C/[C@@H](C)CC(C)C)Cc3ccccc3)C(=O)NC(C)C)cc2)=C(C)C1=O.CC1=C(C)C(=O)C(COc2ccc(C[C@H](CC(=O)[C@@H]3CCCN3C(=O)[C@H](/C=C/[C@@H](C)CC(C)C)Cc3ccccc3)C(=O)NC(C)C)cn2)=C(C)C1=O. The first-order valence-electron chi connectivity index (χ1n) is 38.3. The van der Waals surface area contributed by atoms with Crippen LogP contribution >= 0.6 is 0 Å². The number of likely N-dealkylation sites (tertiary alicyclic amines) is 2. The van der Waals surface area contributed by atoms with E-state index in [1.807, 2.05) is 113 Å². The van der Waals surface area contributed by atoms with Crippen LogP contribution in [0.4, 0.5) is 0 Å². The minimum absolute atomic E-state index is 0.00821. The minimum Gasteiger partial charge on any atom is -0.489 e. The summed E-state index contributed by atoms with van der Waals surface area (Å²) < 4.78 is 11.7. The Balaban J connectivity index is 0.000000296. The maximum absolute atomic E-state index is 14.2. The number of nitrogens with one attached hydrogen (secondary N) is 2. The van der Waals surface area contributed by atoms with Crippen LogP contribution in [0.15, 0.2) is 172 Å². The number of allylic oxidation sites excluding steroid dienone is 8. The molecule has 4 aliphatic rings. The Labute approximate surface area is 629 Å². The number of ether oxygens (including phenoxy) is 2. The lowest BCUT2D eigenvalue weighted by Crippen LogP contribution is -2.45. The van der Waals surface area contributed by atoms with Crippen molar-refractivity contribution in [3.63, 3.8) is 0 Å². The number of amides is 4. The van der Waals surface area contributed by atoms with Crippen LogP contribution in [0.2, 0.25) is 0 Å². The van der Waals surface area contributed by atoms with Gasteiger partial charge >= 0.3 is 0 Å². The summed E-state index contributed by atoms with van der Waals surface area (Å²) >= 11 is 0. The van der Waals surface area contributed by atoms with Crippen molar-refractivity contribution in [2.24, 2.45) is 47.3 Å². The number of hydrogen-bond acceptors (Lipinski definition) is 13. The van der Waals surface area contributed by atoms with Crippen molar-refractivity contribution >= 4 is 58.3 Å². The number of carbonyl (C=O) groups is 10. The zero-order chi connectivity index (χ0) is 77.6. The molecule has 17 nitrogen and oxygen atoms in total. The molecule has 2 aliphatic carbocycles. The molecule has 0 unspecified atom stereocenters. The molecular formula is C89H115N5O12. The van der Waals surface area contributed by atoms with Gasteiger partial charge < -0.3 is 29.9 Å². The van der Waals surface area contributed by atoms with Crippen molar-refractivity contribution in [1.82, 2.24) is 25.4 Å². The zero-order valence-corrected chi connectivity index (χ0v) is 65.6. The molecule has 0 radical (unpaired) electrons. The first kappa shape index (κ1) is 84.0. The van der Waals surface area contributed by atoms with Crippen molar-refractivity contribution in [2.75, 3.05) is 26.3 Å². The summed E-state index contributed by atoms with van der Waals surface area (Å²) in [6.07, 6.45) is 16.4. The number of aromatic nitrogens is 1. The summed E-state index contributed by atoms with van der Waals surface area (Å²) in [7, 11) is 0. The number of nitrogens with zero attached hydrogens (tertiary/aromatic N) is 3. The molecular weight excluding hydrogens is 1330 g/mol. The molecule has 8 rings (SSSR count). The lowest BCUT2D eigenvalue weighted by Gasteiger charge is -2.28. The second kappa shape index (κ2) is 39.9. The van der Waals surface area contributed by atoms with Crippen LogP contribution in [0.3, 0.4) is 0 Å². The van der Waals surface area contributed by atoms with Crippen LogP contribution in [-0.2, 0) is 73.6 Å². The molecule has 3 aromatic carbocycles. The molecule has 2 saturated heterocycles. The normalized spacial score (nSPS) is 18.3. The molecule has 106 heavy (non-hydrogen) atoms. The lowest BCUT2D eigenvalue weighted by atomic mass is 9.86. The highest BCUT2D eigenvalue weighted by Gasteiger charge is 2.41. The Morgan fingerprint density at radius 2 is 0.830 bits per heavy atom. The summed E-state index contributed by atoms with van der Waals surface area (Å²) in [6.45, 7) is 31.5. The number of Topliss-reactive ketones (excluding diaryl/α,β-unsaturated/α-hetero) is 6. The number of benzene rings is 3. The van der Waals surface area contributed by atoms with Gasteiger partial charge in [0.25, 0.3) is 0 Å². The molecule has 568 valence electrons. The van der Waals surface area contributed by atoms with E-state index in [4.69, 9.17) is 9.47 Å². The Bertz CT molecular complexity index is 3730. The molecule has 4 amide bonds. The summed E-state index contributed by atoms with van der Waals surface area (Å²) in [5.41, 5.74) is 6.96. The number of pyridine rings is 1. The average molecular weight is 1450 g/mol. The van der Waals surface area contributed by atoms with E-state index in [0.717, 1.165) is 47.9 Å². The van der Waals surface area contributed by atoms with Gasteiger partial charge in [-0.3, -0.25) is 47.9 Å². The van der Waals surface area contributed by atoms with Crippen molar-refractivity contribution in [3.05, 3.63) is 194 Å². The zero-order valence-electron chi connectivity index (χ0n) is 65.6. The second-order valence-electron chi connectivity index (χ2n) is 31.2. The van der Waals surface area contributed by atoms with E-state index < -0.39 is 29.8 Å². The van der Waals surface area contributed by atoms with E-state index in [2.05, 4.69) is 69.3 Å². The van der Waals surface area contributed by atoms with Crippen molar-refractivity contribution in [3.8, 4) is 11.6 Å². The number of rotatable bonds is 34. The molecule has 2 fully saturated rings. The van der Waals surface area contributed by atoms with Crippen molar-refractivity contribution in [1.29, 1.82) is 0 Å². The lowest BCUT2D eigenvalue weighted by molar-refractivity contribution is -0.140. The van der Waals surface area contributed by atoms with Crippen molar-refractivity contribution in [2.45, 2.75) is 212 Å². The standard InChI is InChI=1S/C45H58N2O6.C44H57N3O6/c1-28(2)23-30(5)16-19-36(24-34-13-10-9-11-14-34)45(52)47-22-12-15-40(47)41(48)26-37(44(51)46-29(3)4)25-35-17-20-38(21-18-35)53-27-39-33(8)42(49)31(6)32(7)43(39)50;1-27(2)21-29(5)16-18-35(22-33-13-10-9-11-14-33)44(52)47-20-12-15-38(47)39(48)24-36(43(51)46-28(3)4)23-34-17-19-40(45-25-34)53-26-37-32(8)41(49)30(6)31(7)42(37)50/h9-11,13-14,16-21,28-30,36-37,40H,12,15,22-27H2,1-8H3,(H,46,51);9-11,13-14,16-19,25,27-29,35-36,38H,12,15,20-24,26H2,1-8H3,(H,46,51)/b19-16+;18-16+/t30-,36-,37-,40+;29-,35-,36-,38+/m11/s1. The van der Waals surface area contributed by atoms with Crippen LogP contribution < -0.4 is 20.1 Å². The van der Waals surface area contributed by atoms with E-state index in [9.17, 15) is 47.9 Å². The Hall–Kier alpha value is -9.25. The van der Waals surface area contributed by atoms with Gasteiger partial charge in [0.1, 0.15) is 19.0 Å². The first-order chi connectivity index (χ1) is 50.3. The number of carbonyl (C=O) groups excluding carboxylic acids is 10. The summed E-state index contributed by atoms with van der Waals surface area (Å²) in [4.78, 5) is 142. The summed E-state index contributed by atoms with van der Waals surface area (Å²) in [5, 5.41) is 5.96. The van der Waals surface area contributed by atoms with E-state index in [1.54, 1.807) is 81.8 Å². The van der Waals surface area contributed by atoms with Gasteiger partial charge in [0.15, 0.2) is 34.7 Å². The second-order valence-corrected chi connectivity index (χ2v) is 31.2. The Morgan fingerprint density at radius 3 is 1.22 bits per heavy atom. The average Bonchev–Trinajstić information content (AvgIpc) is 0.845.